The molecule has 3 fully saturated rings. The van der Waals surface area contributed by atoms with Crippen molar-refractivity contribution in [2.75, 3.05) is 20.3 Å². The lowest BCUT2D eigenvalue weighted by molar-refractivity contribution is -0.193. The largest absolute Gasteiger partial charge is 0.469 e. The molecule has 2 saturated heterocycles. The second kappa shape index (κ2) is 18.2. The van der Waals surface area contributed by atoms with Crippen LogP contribution in [0.15, 0.2) is 24.3 Å². The predicted octanol–water partition coefficient (Wildman–Crippen LogP) is 7.16. The second-order valence-corrected chi connectivity index (χ2v) is 11.1. The van der Waals surface area contributed by atoms with Crippen molar-refractivity contribution in [3.8, 4) is 0 Å². The van der Waals surface area contributed by atoms with Gasteiger partial charge < -0.3 is 23.7 Å². The van der Waals surface area contributed by atoms with E-state index in [9.17, 15) is 4.79 Å². The molecule has 3 rings (SSSR count). The molecule has 0 bridgehead atoms. The summed E-state index contributed by atoms with van der Waals surface area (Å²) in [7, 11) is 1.39. The van der Waals surface area contributed by atoms with Gasteiger partial charge in [0.05, 0.1) is 13.2 Å². The fourth-order valence-electron chi connectivity index (χ4n) is 5.69. The van der Waals surface area contributed by atoms with Crippen molar-refractivity contribution in [1.82, 2.24) is 0 Å². The van der Waals surface area contributed by atoms with E-state index in [1.807, 2.05) is 25.2 Å². The van der Waals surface area contributed by atoms with Crippen LogP contribution >= 0.6 is 0 Å². The quantitative estimate of drug-likeness (QED) is 0.114. The zero-order valence-electron chi connectivity index (χ0n) is 23.9. The summed E-state index contributed by atoms with van der Waals surface area (Å²) >= 11 is 0. The Balaban J connectivity index is 1.69. The zero-order chi connectivity index (χ0) is 27.9. The van der Waals surface area contributed by atoms with Crippen LogP contribution in [0.25, 0.3) is 0 Å². The Morgan fingerprint density at radius 2 is 1.79 bits per heavy atom. The average Bonchev–Trinajstić information content (AvgIpc) is 3.25. The van der Waals surface area contributed by atoms with Gasteiger partial charge in [-0.1, -0.05) is 44.1 Å². The van der Waals surface area contributed by atoms with Gasteiger partial charge in [0.25, 0.3) is 0 Å². The van der Waals surface area contributed by atoms with Gasteiger partial charge >= 0.3 is 5.97 Å². The lowest BCUT2D eigenvalue weighted by Gasteiger charge is -2.30. The Morgan fingerprint density at radius 1 is 1.05 bits per heavy atom. The predicted molar refractivity (Wildman–Crippen MR) is 147 cm³/mol. The Hall–Kier alpha value is -1.35. The molecule has 0 amide bonds. The molecular formula is C31H50F2O6. The van der Waals surface area contributed by atoms with E-state index in [0.717, 1.165) is 57.8 Å². The minimum atomic E-state index is -1.15. The van der Waals surface area contributed by atoms with E-state index < -0.39 is 24.7 Å². The van der Waals surface area contributed by atoms with Crippen LogP contribution in [0.5, 0.6) is 0 Å². The van der Waals surface area contributed by atoms with E-state index in [2.05, 4.69) is 4.74 Å². The normalized spacial score (nSPS) is 31.6. The van der Waals surface area contributed by atoms with Crippen LogP contribution in [0.1, 0.15) is 96.8 Å². The first-order chi connectivity index (χ1) is 19.0. The number of alkyl halides is 2. The van der Waals surface area contributed by atoms with Gasteiger partial charge in [0, 0.05) is 37.9 Å². The molecule has 1 saturated carbocycles. The van der Waals surface area contributed by atoms with Crippen molar-refractivity contribution in [1.29, 1.82) is 0 Å². The van der Waals surface area contributed by atoms with Gasteiger partial charge in [0.2, 0.25) is 0 Å². The standard InChI is InChI=1S/C31H50F2O6/c1-3-4-14-25(32)27(38-30-16-9-11-20-36-30)19-18-24-23(13-7-5-6-8-15-29(34)35-2)26(33)22-28(24)39-31-17-10-12-21-37-31/h5,7,18-19,23-28,30-31H,3-4,6,8-17,20-22H2,1-2H3/t23-,24-,25?,26+,27-,28-,30?,31?/m1/s1. The van der Waals surface area contributed by atoms with Gasteiger partial charge in [-0.25, -0.2) is 8.78 Å². The highest BCUT2D eigenvalue weighted by atomic mass is 19.1. The van der Waals surface area contributed by atoms with Crippen LogP contribution in [0, 0.1) is 11.8 Å². The van der Waals surface area contributed by atoms with Crippen LogP contribution in [-0.4, -0.2) is 63.4 Å². The summed E-state index contributed by atoms with van der Waals surface area (Å²) in [6.07, 6.45) is 14.1. The molecule has 0 aromatic carbocycles. The summed E-state index contributed by atoms with van der Waals surface area (Å²) in [5, 5.41) is 0. The Labute approximate surface area is 233 Å². The minimum Gasteiger partial charge on any atom is -0.469 e. The number of hydrogen-bond acceptors (Lipinski definition) is 6. The van der Waals surface area contributed by atoms with Crippen molar-refractivity contribution in [3.05, 3.63) is 24.3 Å². The number of ether oxygens (including phenoxy) is 5. The number of rotatable bonds is 16. The molecular weight excluding hydrogens is 506 g/mol. The van der Waals surface area contributed by atoms with Crippen molar-refractivity contribution >= 4 is 5.97 Å². The van der Waals surface area contributed by atoms with Crippen LogP contribution in [-0.2, 0) is 28.5 Å². The van der Waals surface area contributed by atoms with Crippen LogP contribution < -0.4 is 0 Å². The van der Waals surface area contributed by atoms with Crippen LogP contribution in [0.4, 0.5) is 8.78 Å². The van der Waals surface area contributed by atoms with E-state index >= 15 is 8.78 Å². The van der Waals surface area contributed by atoms with Gasteiger partial charge in [0.15, 0.2) is 12.6 Å². The van der Waals surface area contributed by atoms with Crippen molar-refractivity contribution < 1.29 is 37.3 Å². The lowest BCUT2D eigenvalue weighted by atomic mass is 9.89. The maximum Gasteiger partial charge on any atom is 0.305 e. The number of allylic oxidation sites excluding steroid dienone is 2. The van der Waals surface area contributed by atoms with Gasteiger partial charge in [-0.15, -0.1) is 0 Å². The molecule has 0 aromatic rings. The molecule has 39 heavy (non-hydrogen) atoms. The van der Waals surface area contributed by atoms with E-state index in [1.54, 1.807) is 6.08 Å². The fraction of sp³-hybridized carbons (Fsp3) is 0.839. The lowest BCUT2D eigenvalue weighted by Crippen LogP contribution is -2.33. The molecule has 224 valence electrons. The molecule has 8 heteroatoms. The third-order valence-corrected chi connectivity index (χ3v) is 8.02. The molecule has 0 N–H and O–H groups in total. The molecule has 0 radical (unpaired) electrons. The van der Waals surface area contributed by atoms with Gasteiger partial charge in [-0.05, 0) is 64.2 Å². The summed E-state index contributed by atoms with van der Waals surface area (Å²) in [6.45, 7) is 3.34. The first-order valence-electron chi connectivity index (χ1n) is 15.2. The molecule has 2 aliphatic heterocycles. The van der Waals surface area contributed by atoms with Crippen LogP contribution in [0.2, 0.25) is 0 Å². The molecule has 2 heterocycles. The third-order valence-electron chi connectivity index (χ3n) is 8.02. The van der Waals surface area contributed by atoms with Crippen molar-refractivity contribution in [2.24, 2.45) is 11.8 Å². The third kappa shape index (κ3) is 11.2. The highest BCUT2D eigenvalue weighted by molar-refractivity contribution is 5.69. The SMILES string of the molecule is CCCCC(F)[C@@H](C=C[C@@H]1[C@@H](CC=CCCCC(=O)OC)[C@@H](F)C[C@H]1OC1CCCCO1)OC1CCCCO1. The smallest absolute Gasteiger partial charge is 0.305 e. The average molecular weight is 557 g/mol. The number of halogens is 2. The first-order valence-corrected chi connectivity index (χ1v) is 15.2. The number of unbranched alkanes of at least 4 members (excludes halogenated alkanes) is 2. The van der Waals surface area contributed by atoms with Gasteiger partial charge in [0.1, 0.15) is 18.4 Å². The fourth-order valence-corrected chi connectivity index (χ4v) is 5.69. The van der Waals surface area contributed by atoms with E-state index in [4.69, 9.17) is 18.9 Å². The number of esters is 1. The van der Waals surface area contributed by atoms with Gasteiger partial charge in [-0.3, -0.25) is 4.79 Å². The highest BCUT2D eigenvalue weighted by Crippen LogP contribution is 2.41. The second-order valence-electron chi connectivity index (χ2n) is 11.1. The zero-order valence-corrected chi connectivity index (χ0v) is 23.9. The van der Waals surface area contributed by atoms with E-state index in [-0.39, 0.29) is 30.2 Å². The monoisotopic (exact) mass is 556 g/mol. The topological polar surface area (TPSA) is 63.2 Å². The summed E-state index contributed by atoms with van der Waals surface area (Å²) in [5.74, 6) is -0.729. The summed E-state index contributed by atoms with van der Waals surface area (Å²) < 4.78 is 59.4. The molecule has 1 aliphatic carbocycles. The van der Waals surface area contributed by atoms with Crippen LogP contribution in [0.3, 0.4) is 0 Å². The summed E-state index contributed by atoms with van der Waals surface area (Å²) in [5.41, 5.74) is 0. The number of carbonyl (C=O) groups is 1. The molecule has 0 aromatic heterocycles. The molecule has 3 aliphatic rings. The number of methoxy groups -OCH3 is 1. The number of carbonyl (C=O) groups excluding carboxylic acids is 1. The van der Waals surface area contributed by atoms with E-state index in [1.165, 1.54) is 7.11 Å². The number of hydrogen-bond donors (Lipinski definition) is 0. The van der Waals surface area contributed by atoms with Crippen molar-refractivity contribution in [2.45, 2.75) is 134 Å². The Bertz CT molecular complexity index is 735. The maximum absolute atomic E-state index is 15.4. The molecule has 3 unspecified atom stereocenters. The highest BCUT2D eigenvalue weighted by Gasteiger charge is 2.43. The maximum atomic E-state index is 15.4. The Kier molecular flexibility index (Phi) is 15.0. The Morgan fingerprint density at radius 3 is 2.46 bits per heavy atom. The first kappa shape index (κ1) is 32.2. The molecule has 8 atom stereocenters. The molecule has 6 nitrogen and oxygen atoms in total. The van der Waals surface area contributed by atoms with E-state index in [0.29, 0.717) is 45.3 Å². The molecule has 0 spiro atoms. The summed E-state index contributed by atoms with van der Waals surface area (Å²) in [4.78, 5) is 11.3. The minimum absolute atomic E-state index is 0.220. The van der Waals surface area contributed by atoms with Gasteiger partial charge in [-0.2, -0.15) is 0 Å². The van der Waals surface area contributed by atoms with Crippen molar-refractivity contribution in [3.63, 3.8) is 0 Å². The summed E-state index contributed by atoms with van der Waals surface area (Å²) in [6, 6.07) is 0.